The smallest absolute Gasteiger partial charge is 0.450 e. The van der Waals surface area contributed by atoms with Crippen LogP contribution in [0.4, 0.5) is 53.1 Å². The molecular weight excluding hydrogens is 329 g/mol. The van der Waals surface area contributed by atoms with Crippen LogP contribution in [-0.4, -0.2) is 41.3 Å². The summed E-state index contributed by atoms with van der Waals surface area (Å²) in [4.78, 5) is 9.54. The Labute approximate surface area is 100 Å². The molecule has 0 atom stereocenters. The van der Waals surface area contributed by atoms with E-state index in [9.17, 15) is 53.1 Å². The van der Waals surface area contributed by atoms with Gasteiger partial charge >= 0.3 is 36.2 Å². The maximum Gasteiger partial charge on any atom is 0.510 e. The van der Waals surface area contributed by atoms with Gasteiger partial charge in [-0.05, 0) is 0 Å². The second-order valence-corrected chi connectivity index (χ2v) is 3.11. The van der Waals surface area contributed by atoms with Crippen molar-refractivity contribution < 1.29 is 62.9 Å². The van der Waals surface area contributed by atoms with Crippen LogP contribution in [0.2, 0.25) is 0 Å². The van der Waals surface area contributed by atoms with Crippen LogP contribution in [0.5, 0.6) is 0 Å². The first kappa shape index (κ1) is 18.5. The first-order valence-corrected chi connectivity index (χ1v) is 3.91. The van der Waals surface area contributed by atoms with Gasteiger partial charge in [-0.25, -0.2) is 4.79 Å². The average molecular weight is 330 g/mol. The number of hydrogen-bond acceptors (Lipinski definition) is 2. The summed E-state index contributed by atoms with van der Waals surface area (Å²) in [5.74, 6) is -22.7. The lowest BCUT2D eigenvalue weighted by atomic mass is 10.0. The Kier molecular flexibility index (Phi) is 4.17. The first-order chi connectivity index (χ1) is 8.42. The minimum absolute atomic E-state index is 1.95. The molecule has 0 saturated heterocycles. The first-order valence-electron chi connectivity index (χ1n) is 3.91. The summed E-state index contributed by atoms with van der Waals surface area (Å²) in [6, 6.07) is 0. The van der Waals surface area contributed by atoms with Crippen molar-refractivity contribution in [3.05, 3.63) is 0 Å². The number of hydrogen-bond donors (Lipinski definition) is 1. The third-order valence-electron chi connectivity index (χ3n) is 1.73. The molecule has 0 bridgehead atoms. The van der Waals surface area contributed by atoms with Gasteiger partial charge in [-0.15, -0.1) is 0 Å². The molecule has 0 rings (SSSR count). The van der Waals surface area contributed by atoms with Crippen molar-refractivity contribution in [3.8, 4) is 0 Å². The van der Waals surface area contributed by atoms with Gasteiger partial charge in [-0.1, -0.05) is 0 Å². The molecule has 0 heterocycles. The van der Waals surface area contributed by atoms with Gasteiger partial charge in [0.25, 0.3) is 0 Å². The maximum absolute atomic E-state index is 12.5. The fourth-order valence-corrected chi connectivity index (χ4v) is 0.732. The van der Waals surface area contributed by atoms with Crippen molar-refractivity contribution in [2.45, 2.75) is 30.1 Å². The van der Waals surface area contributed by atoms with Crippen LogP contribution in [-0.2, 0) is 4.74 Å². The van der Waals surface area contributed by atoms with E-state index in [1.807, 2.05) is 4.74 Å². The molecule has 0 aromatic heterocycles. The van der Waals surface area contributed by atoms with Crippen LogP contribution in [0.3, 0.4) is 0 Å². The Bertz CT molecular complexity index is 384. The van der Waals surface area contributed by atoms with Gasteiger partial charge in [0.1, 0.15) is 0 Å². The van der Waals surface area contributed by atoms with E-state index in [4.69, 9.17) is 5.11 Å². The lowest BCUT2D eigenvalue weighted by Gasteiger charge is -2.35. The monoisotopic (exact) mass is 330 g/mol. The highest BCUT2D eigenvalue weighted by Gasteiger charge is 2.88. The zero-order valence-electron chi connectivity index (χ0n) is 8.42. The van der Waals surface area contributed by atoms with Gasteiger partial charge < -0.3 is 9.84 Å². The molecule has 0 aliphatic heterocycles. The third kappa shape index (κ3) is 2.54. The van der Waals surface area contributed by atoms with E-state index < -0.39 is 36.2 Å². The Balaban J connectivity index is 5.86. The molecule has 14 heteroatoms. The molecule has 0 amide bonds. The van der Waals surface area contributed by atoms with E-state index in [0.717, 1.165) is 0 Å². The van der Waals surface area contributed by atoms with Gasteiger partial charge in [-0.3, -0.25) is 0 Å². The predicted molar refractivity (Wildman–Crippen MR) is 35.0 cm³/mol. The molecule has 0 radical (unpaired) electrons. The molecule has 0 saturated carbocycles. The highest BCUT2D eigenvalue weighted by atomic mass is 19.4. The molecular formula is C6HF11O3. The van der Waals surface area contributed by atoms with E-state index in [-0.39, 0.29) is 0 Å². The van der Waals surface area contributed by atoms with E-state index >= 15 is 0 Å². The highest BCUT2D eigenvalue weighted by Crippen LogP contribution is 2.57. The van der Waals surface area contributed by atoms with Crippen molar-refractivity contribution in [2.75, 3.05) is 0 Å². The Hall–Kier alpha value is -1.50. The van der Waals surface area contributed by atoms with Crippen LogP contribution in [0.15, 0.2) is 0 Å². The second kappa shape index (κ2) is 4.51. The molecule has 0 fully saturated rings. The number of ether oxygens (including phenoxy) is 1. The molecule has 0 aliphatic rings. The fourth-order valence-electron chi connectivity index (χ4n) is 0.732. The second-order valence-electron chi connectivity index (χ2n) is 3.11. The van der Waals surface area contributed by atoms with Crippen LogP contribution in [0, 0.1) is 0 Å². The molecule has 0 aromatic carbocycles. The molecule has 0 unspecified atom stereocenters. The van der Waals surface area contributed by atoms with Crippen LogP contribution in [0.25, 0.3) is 0 Å². The van der Waals surface area contributed by atoms with Crippen molar-refractivity contribution >= 4 is 6.16 Å². The zero-order valence-corrected chi connectivity index (χ0v) is 8.42. The summed E-state index contributed by atoms with van der Waals surface area (Å²) >= 11 is 0. The number of carboxylic acid groups (broad SMARTS) is 1. The minimum Gasteiger partial charge on any atom is -0.450 e. The quantitative estimate of drug-likeness (QED) is 0.631. The Morgan fingerprint density at radius 2 is 1.05 bits per heavy atom. The van der Waals surface area contributed by atoms with Gasteiger partial charge in [0.05, 0.1) is 0 Å². The average Bonchev–Trinajstić information content (AvgIpc) is 2.12. The van der Waals surface area contributed by atoms with Crippen molar-refractivity contribution in [1.82, 2.24) is 0 Å². The summed E-state index contributed by atoms with van der Waals surface area (Å²) in [5, 5.41) is 7.55. The summed E-state index contributed by atoms with van der Waals surface area (Å²) < 4.78 is 136. The van der Waals surface area contributed by atoms with E-state index in [1.54, 1.807) is 0 Å². The number of rotatable bonds is 4. The molecule has 0 aromatic rings. The van der Waals surface area contributed by atoms with Gasteiger partial charge in [0, 0.05) is 0 Å². The highest BCUT2D eigenvalue weighted by molar-refractivity contribution is 5.57. The van der Waals surface area contributed by atoms with Crippen molar-refractivity contribution in [2.24, 2.45) is 0 Å². The summed E-state index contributed by atoms with van der Waals surface area (Å²) in [7, 11) is 0. The number of halogens is 11. The van der Waals surface area contributed by atoms with Crippen LogP contribution >= 0.6 is 0 Å². The maximum atomic E-state index is 12.5. The van der Waals surface area contributed by atoms with Crippen LogP contribution < -0.4 is 0 Å². The lowest BCUT2D eigenvalue weighted by Crippen LogP contribution is -2.67. The SMILES string of the molecule is O=C(O)OC(F)(F)C(F)(F)C(F)(F)C(F)(F)C(F)(F)F. The van der Waals surface area contributed by atoms with Gasteiger partial charge in [0.2, 0.25) is 0 Å². The van der Waals surface area contributed by atoms with Gasteiger partial charge in [0.15, 0.2) is 0 Å². The standard InChI is InChI=1S/C6HF11O3/c7-2(8,3(9,10)5(13,14)15)4(11,12)6(16,17)20-1(18)19/h(H,18,19). The van der Waals surface area contributed by atoms with E-state index in [0.29, 0.717) is 0 Å². The van der Waals surface area contributed by atoms with E-state index in [2.05, 4.69) is 0 Å². The Morgan fingerprint density at radius 1 is 0.700 bits per heavy atom. The molecule has 20 heavy (non-hydrogen) atoms. The summed E-state index contributed by atoms with van der Waals surface area (Å²) in [6.45, 7) is 0. The minimum atomic E-state index is -7.68. The molecule has 0 aliphatic carbocycles. The molecule has 120 valence electrons. The number of carbonyl (C=O) groups is 1. The van der Waals surface area contributed by atoms with Gasteiger partial charge in [-0.2, -0.15) is 48.3 Å². The predicted octanol–water partition coefficient (Wildman–Crippen LogP) is 3.74. The Morgan fingerprint density at radius 3 is 1.30 bits per heavy atom. The van der Waals surface area contributed by atoms with Crippen molar-refractivity contribution in [3.63, 3.8) is 0 Å². The molecule has 0 spiro atoms. The summed E-state index contributed by atoms with van der Waals surface area (Å²) in [5.41, 5.74) is 0. The van der Waals surface area contributed by atoms with Crippen molar-refractivity contribution in [1.29, 1.82) is 0 Å². The zero-order chi connectivity index (χ0) is 16.8. The van der Waals surface area contributed by atoms with E-state index in [1.165, 1.54) is 0 Å². The fraction of sp³-hybridized carbons (Fsp3) is 0.833. The summed E-state index contributed by atoms with van der Waals surface area (Å²) in [6.07, 6.45) is -17.4. The third-order valence-corrected chi connectivity index (χ3v) is 1.73. The lowest BCUT2D eigenvalue weighted by molar-refractivity contribution is -0.449. The number of alkyl halides is 11. The van der Waals surface area contributed by atoms with Crippen LogP contribution in [0.1, 0.15) is 0 Å². The largest absolute Gasteiger partial charge is 0.510 e. The molecule has 3 nitrogen and oxygen atoms in total. The normalized spacial score (nSPS) is 15.2. The molecule has 1 N–H and O–H groups in total. The topological polar surface area (TPSA) is 46.5 Å².